The summed E-state index contributed by atoms with van der Waals surface area (Å²) in [6, 6.07) is 7.90. The van der Waals surface area contributed by atoms with Crippen molar-refractivity contribution in [3.8, 4) is 0 Å². The van der Waals surface area contributed by atoms with Gasteiger partial charge in [0.15, 0.2) is 5.60 Å². The van der Waals surface area contributed by atoms with Gasteiger partial charge in [-0.15, -0.1) is 9.42 Å². The van der Waals surface area contributed by atoms with E-state index in [1.54, 1.807) is 0 Å². The van der Waals surface area contributed by atoms with Crippen LogP contribution < -0.4 is 0 Å². The highest BCUT2D eigenvalue weighted by atomic mass is 31.1. The first kappa shape index (κ1) is 13.3. The predicted molar refractivity (Wildman–Crippen MR) is 64.3 cm³/mol. The lowest BCUT2D eigenvalue weighted by Gasteiger charge is -2.25. The van der Waals surface area contributed by atoms with Crippen LogP contribution >= 0.6 is 8.25 Å². The highest BCUT2D eigenvalue weighted by Gasteiger charge is 2.38. The number of hydrogen-bond donors (Lipinski definition) is 1. The summed E-state index contributed by atoms with van der Waals surface area (Å²) < 4.78 is 16.1. The molecule has 0 heterocycles. The van der Waals surface area contributed by atoms with E-state index in [9.17, 15) is 4.57 Å². The van der Waals surface area contributed by atoms with Crippen molar-refractivity contribution >= 4 is 8.25 Å². The topological polar surface area (TPSA) is 46.5 Å². The minimum absolute atomic E-state index is 0.643. The Labute approximate surface area is 97.4 Å². The summed E-state index contributed by atoms with van der Waals surface area (Å²) in [6.07, 6.45) is 1.35. The summed E-state index contributed by atoms with van der Waals surface area (Å²) in [5, 5.41) is 0. The van der Waals surface area contributed by atoms with E-state index in [0.29, 0.717) is 12.8 Å². The van der Waals surface area contributed by atoms with Crippen molar-refractivity contribution in [1.29, 1.82) is 0 Å². The van der Waals surface area contributed by atoms with Crippen molar-refractivity contribution in [3.05, 3.63) is 35.4 Å². The molecular formula is C12H18O3P+. The SMILES string of the molecule is CCC(CC)(O[P+](=O)O)c1ccc(C)cc1. The van der Waals surface area contributed by atoms with Crippen LogP contribution in [0.15, 0.2) is 24.3 Å². The van der Waals surface area contributed by atoms with Gasteiger partial charge in [-0.1, -0.05) is 43.7 Å². The summed E-state index contributed by atoms with van der Waals surface area (Å²) in [4.78, 5) is 8.95. The zero-order valence-electron chi connectivity index (χ0n) is 9.93. The van der Waals surface area contributed by atoms with Crippen molar-refractivity contribution in [2.24, 2.45) is 0 Å². The van der Waals surface area contributed by atoms with Crippen molar-refractivity contribution in [3.63, 3.8) is 0 Å². The maximum atomic E-state index is 10.9. The van der Waals surface area contributed by atoms with E-state index in [-0.39, 0.29) is 0 Å². The standard InChI is InChI=1S/C12H17O3P/c1-4-12(5-2,15-16(13)14)11-8-6-10(3)7-9-11/h6-9H,4-5H2,1-3H3/p+1. The fraction of sp³-hybridized carbons (Fsp3) is 0.500. The van der Waals surface area contributed by atoms with Gasteiger partial charge in [0.25, 0.3) is 0 Å². The van der Waals surface area contributed by atoms with Gasteiger partial charge in [-0.3, -0.25) is 0 Å². The van der Waals surface area contributed by atoms with Crippen molar-refractivity contribution in [2.45, 2.75) is 39.2 Å². The molecule has 0 saturated heterocycles. The molecule has 1 rings (SSSR count). The lowest BCUT2D eigenvalue weighted by Crippen LogP contribution is -2.25. The third kappa shape index (κ3) is 2.88. The molecule has 0 amide bonds. The summed E-state index contributed by atoms with van der Waals surface area (Å²) in [6.45, 7) is 5.93. The maximum absolute atomic E-state index is 10.9. The van der Waals surface area contributed by atoms with Crippen molar-refractivity contribution in [2.75, 3.05) is 0 Å². The van der Waals surface area contributed by atoms with Gasteiger partial charge in [-0.05, 0) is 25.3 Å². The summed E-state index contributed by atoms with van der Waals surface area (Å²) >= 11 is 0. The first-order chi connectivity index (χ1) is 7.54. The second kappa shape index (κ2) is 5.53. The molecule has 0 aliphatic heterocycles. The van der Waals surface area contributed by atoms with E-state index in [1.807, 2.05) is 45.0 Å². The summed E-state index contributed by atoms with van der Waals surface area (Å²) in [5.41, 5.74) is 1.48. The minimum atomic E-state index is -2.58. The van der Waals surface area contributed by atoms with Gasteiger partial charge >= 0.3 is 8.25 Å². The molecule has 1 atom stereocenters. The van der Waals surface area contributed by atoms with Crippen LogP contribution in [0.25, 0.3) is 0 Å². The second-order valence-corrected chi connectivity index (χ2v) is 4.55. The Kier molecular flexibility index (Phi) is 4.60. The zero-order chi connectivity index (χ0) is 12.2. The zero-order valence-corrected chi connectivity index (χ0v) is 10.8. The van der Waals surface area contributed by atoms with Crippen LogP contribution in [0.5, 0.6) is 0 Å². The minimum Gasteiger partial charge on any atom is -0.133 e. The molecule has 0 saturated carbocycles. The Morgan fingerprint density at radius 3 is 2.12 bits per heavy atom. The average molecular weight is 241 g/mol. The van der Waals surface area contributed by atoms with Gasteiger partial charge in [0, 0.05) is 4.57 Å². The number of aryl methyl sites for hydroxylation is 1. The van der Waals surface area contributed by atoms with Crippen LogP contribution in [0.4, 0.5) is 0 Å². The van der Waals surface area contributed by atoms with E-state index in [4.69, 9.17) is 9.42 Å². The fourth-order valence-corrected chi connectivity index (χ4v) is 2.51. The van der Waals surface area contributed by atoms with Gasteiger partial charge in [0.1, 0.15) is 0 Å². The van der Waals surface area contributed by atoms with Gasteiger partial charge < -0.3 is 0 Å². The molecule has 1 N–H and O–H groups in total. The van der Waals surface area contributed by atoms with E-state index in [0.717, 1.165) is 5.56 Å². The Bertz CT molecular complexity index is 355. The normalized spacial score (nSPS) is 12.6. The van der Waals surface area contributed by atoms with Crippen molar-refractivity contribution in [1.82, 2.24) is 0 Å². The Hall–Kier alpha value is -0.760. The van der Waals surface area contributed by atoms with Crippen LogP contribution in [0.3, 0.4) is 0 Å². The Morgan fingerprint density at radius 1 is 1.25 bits per heavy atom. The van der Waals surface area contributed by atoms with E-state index in [2.05, 4.69) is 0 Å². The molecule has 0 bridgehead atoms. The lowest BCUT2D eigenvalue weighted by molar-refractivity contribution is 0.0536. The first-order valence-corrected chi connectivity index (χ1v) is 6.59. The van der Waals surface area contributed by atoms with Crippen molar-refractivity contribution < 1.29 is 14.0 Å². The number of hydrogen-bond acceptors (Lipinski definition) is 2. The first-order valence-electron chi connectivity index (χ1n) is 5.46. The average Bonchev–Trinajstić information content (AvgIpc) is 2.27. The van der Waals surface area contributed by atoms with Crippen LogP contribution in [0, 0.1) is 6.92 Å². The van der Waals surface area contributed by atoms with E-state index >= 15 is 0 Å². The van der Waals surface area contributed by atoms with Gasteiger partial charge in [-0.25, -0.2) is 0 Å². The molecule has 88 valence electrons. The molecule has 0 aliphatic carbocycles. The molecule has 0 aromatic heterocycles. The summed E-state index contributed by atoms with van der Waals surface area (Å²) in [7, 11) is -2.58. The molecule has 16 heavy (non-hydrogen) atoms. The molecule has 1 unspecified atom stereocenters. The third-order valence-electron chi connectivity index (χ3n) is 2.97. The predicted octanol–water partition coefficient (Wildman–Crippen LogP) is 3.68. The molecule has 0 aliphatic rings. The maximum Gasteiger partial charge on any atom is 0.695 e. The molecule has 1 aromatic rings. The molecule has 3 nitrogen and oxygen atoms in total. The third-order valence-corrected chi connectivity index (χ3v) is 3.48. The number of rotatable bonds is 5. The van der Waals surface area contributed by atoms with Crippen LogP contribution in [-0.4, -0.2) is 4.89 Å². The van der Waals surface area contributed by atoms with Crippen LogP contribution in [-0.2, 0) is 14.7 Å². The molecule has 1 aromatic carbocycles. The summed E-state index contributed by atoms with van der Waals surface area (Å²) in [5.74, 6) is 0. The monoisotopic (exact) mass is 241 g/mol. The highest BCUT2D eigenvalue weighted by Crippen LogP contribution is 2.40. The van der Waals surface area contributed by atoms with Gasteiger partial charge in [0.2, 0.25) is 0 Å². The number of benzene rings is 1. The highest BCUT2D eigenvalue weighted by molar-refractivity contribution is 7.32. The van der Waals surface area contributed by atoms with Gasteiger partial charge in [0.05, 0.1) is 0 Å². The smallest absolute Gasteiger partial charge is 0.133 e. The molecule has 0 fully saturated rings. The lowest BCUT2D eigenvalue weighted by atomic mass is 9.88. The van der Waals surface area contributed by atoms with Crippen LogP contribution in [0.1, 0.15) is 37.8 Å². The quantitative estimate of drug-likeness (QED) is 0.800. The van der Waals surface area contributed by atoms with Crippen LogP contribution in [0.2, 0.25) is 0 Å². The Balaban J connectivity index is 3.09. The molecule has 0 radical (unpaired) electrons. The second-order valence-electron chi connectivity index (χ2n) is 3.90. The molecule has 4 heteroatoms. The molecule has 0 spiro atoms. The van der Waals surface area contributed by atoms with Gasteiger partial charge in [-0.2, -0.15) is 0 Å². The molecular weight excluding hydrogens is 223 g/mol. The largest absolute Gasteiger partial charge is 0.695 e. The Morgan fingerprint density at radius 2 is 1.75 bits per heavy atom. The fourth-order valence-electron chi connectivity index (χ4n) is 1.85. The van der Waals surface area contributed by atoms with E-state index in [1.165, 1.54) is 5.56 Å². The van der Waals surface area contributed by atoms with E-state index < -0.39 is 13.9 Å².